The van der Waals surface area contributed by atoms with Crippen LogP contribution in [0.5, 0.6) is 0 Å². The number of aryl methyl sites for hydroxylation is 1. The Balaban J connectivity index is 2.18. The summed E-state index contributed by atoms with van der Waals surface area (Å²) < 4.78 is 0. The molecule has 1 N–H and O–H groups in total. The molecule has 100 valence electrons. The summed E-state index contributed by atoms with van der Waals surface area (Å²) in [4.78, 5) is 13.5. The molecule has 0 atom stereocenters. The van der Waals surface area contributed by atoms with Crippen molar-refractivity contribution in [2.75, 3.05) is 12.4 Å². The molecule has 0 fully saturated rings. The first-order chi connectivity index (χ1) is 9.13. The van der Waals surface area contributed by atoms with E-state index in [1.54, 1.807) is 35.6 Å². The third-order valence-corrected chi connectivity index (χ3v) is 4.54. The molecule has 0 spiro atoms. The maximum atomic E-state index is 12.2. The predicted octanol–water partition coefficient (Wildman–Crippen LogP) is 4.43. The highest BCUT2D eigenvalue weighted by Crippen LogP contribution is 2.29. The number of benzene rings is 1. The fourth-order valence-electron chi connectivity index (χ4n) is 1.91. The summed E-state index contributed by atoms with van der Waals surface area (Å²) >= 11 is 7.54. The number of anilines is 1. The Kier molecular flexibility index (Phi) is 4.61. The monoisotopic (exact) mass is 293 g/mol. The van der Waals surface area contributed by atoms with E-state index in [0.717, 1.165) is 17.0 Å². The Morgan fingerprint density at radius 2 is 2.00 bits per heavy atom. The number of carbonyl (C=O) groups is 1. The molecule has 0 unspecified atom stereocenters. The second-order valence-corrected chi connectivity index (χ2v) is 5.85. The van der Waals surface area contributed by atoms with E-state index in [4.69, 9.17) is 11.6 Å². The van der Waals surface area contributed by atoms with E-state index in [2.05, 4.69) is 18.3 Å². The molecule has 1 aromatic heterocycles. The van der Waals surface area contributed by atoms with Gasteiger partial charge in [-0.2, -0.15) is 0 Å². The average Bonchev–Trinajstić information content (AvgIpc) is 2.81. The van der Waals surface area contributed by atoms with Gasteiger partial charge in [-0.25, -0.2) is 0 Å². The van der Waals surface area contributed by atoms with Gasteiger partial charge in [-0.1, -0.05) is 18.5 Å². The second-order valence-electron chi connectivity index (χ2n) is 4.28. The molecule has 0 aliphatic carbocycles. The molecule has 0 bridgehead atoms. The lowest BCUT2D eigenvalue weighted by Gasteiger charge is -2.03. The molecule has 0 saturated heterocycles. The van der Waals surface area contributed by atoms with E-state index < -0.39 is 0 Å². The number of Topliss-reactive ketones (excluding diaryl/α,β-unsaturated/α-hetero) is 1. The minimum absolute atomic E-state index is 0.119. The lowest BCUT2D eigenvalue weighted by atomic mass is 10.0. The fourth-order valence-corrected chi connectivity index (χ4v) is 3.01. The Hall–Kier alpha value is -1.32. The zero-order valence-corrected chi connectivity index (χ0v) is 12.6. The van der Waals surface area contributed by atoms with E-state index in [1.807, 2.05) is 7.05 Å². The smallest absolute Gasteiger partial charge is 0.167 e. The molecule has 0 amide bonds. The van der Waals surface area contributed by atoms with Crippen LogP contribution in [-0.2, 0) is 12.8 Å². The van der Waals surface area contributed by atoms with E-state index in [9.17, 15) is 4.79 Å². The summed E-state index contributed by atoms with van der Waals surface area (Å²) in [6, 6.07) is 9.16. The van der Waals surface area contributed by atoms with Gasteiger partial charge >= 0.3 is 0 Å². The highest BCUT2D eigenvalue weighted by molar-refractivity contribution is 7.16. The van der Waals surface area contributed by atoms with Gasteiger partial charge in [0.05, 0.1) is 5.00 Å². The summed E-state index contributed by atoms with van der Waals surface area (Å²) in [6.45, 7) is 2.12. The van der Waals surface area contributed by atoms with Crippen LogP contribution in [0.25, 0.3) is 0 Å². The zero-order chi connectivity index (χ0) is 13.8. The molecule has 0 radical (unpaired) electrons. The number of carbonyl (C=O) groups excluding carboxylic acids is 1. The van der Waals surface area contributed by atoms with E-state index >= 15 is 0 Å². The molecule has 2 aromatic rings. The van der Waals surface area contributed by atoms with Gasteiger partial charge < -0.3 is 5.32 Å². The maximum Gasteiger partial charge on any atom is 0.167 e. The van der Waals surface area contributed by atoms with Gasteiger partial charge in [0.25, 0.3) is 0 Å². The third kappa shape index (κ3) is 3.37. The molecule has 19 heavy (non-hydrogen) atoms. The second kappa shape index (κ2) is 6.22. The van der Waals surface area contributed by atoms with Crippen molar-refractivity contribution < 1.29 is 4.79 Å². The quantitative estimate of drug-likeness (QED) is 0.826. The number of hydrogen-bond donors (Lipinski definition) is 1. The lowest BCUT2D eigenvalue weighted by molar-refractivity contribution is 0.0993. The maximum absolute atomic E-state index is 12.2. The van der Waals surface area contributed by atoms with Crippen molar-refractivity contribution in [1.82, 2.24) is 0 Å². The largest absolute Gasteiger partial charge is 0.380 e. The number of ketones is 1. The number of thiophene rings is 1. The van der Waals surface area contributed by atoms with E-state index in [0.29, 0.717) is 17.0 Å². The van der Waals surface area contributed by atoms with Crippen LogP contribution in [-0.4, -0.2) is 12.8 Å². The molecule has 2 nitrogen and oxygen atoms in total. The van der Waals surface area contributed by atoms with Crippen LogP contribution in [0, 0.1) is 0 Å². The van der Waals surface area contributed by atoms with Gasteiger partial charge in [0.2, 0.25) is 0 Å². The molecule has 0 saturated carbocycles. The molecule has 2 rings (SSSR count). The standard InChI is InChI=1S/C15H16ClNOS/c1-3-13-8-11(15(17-2)19-13)9-14(18)10-4-6-12(16)7-5-10/h4-8,17H,3,9H2,1-2H3. The SMILES string of the molecule is CCc1cc(CC(=O)c2ccc(Cl)cc2)c(NC)s1. The summed E-state index contributed by atoms with van der Waals surface area (Å²) in [5, 5.41) is 4.89. The fraction of sp³-hybridized carbons (Fsp3) is 0.267. The number of halogens is 1. The first kappa shape index (κ1) is 14.1. The number of hydrogen-bond acceptors (Lipinski definition) is 3. The molecule has 1 aromatic carbocycles. The Bertz CT molecular complexity index is 574. The van der Waals surface area contributed by atoms with Gasteiger partial charge in [0.15, 0.2) is 5.78 Å². The van der Waals surface area contributed by atoms with Crippen LogP contribution in [0.4, 0.5) is 5.00 Å². The van der Waals surface area contributed by atoms with Crippen molar-refractivity contribution in [1.29, 1.82) is 0 Å². The van der Waals surface area contributed by atoms with Gasteiger partial charge in [-0.05, 0) is 42.3 Å². The zero-order valence-electron chi connectivity index (χ0n) is 11.0. The van der Waals surface area contributed by atoms with E-state index in [-0.39, 0.29) is 5.78 Å². The number of rotatable bonds is 5. The Morgan fingerprint density at radius 3 is 2.58 bits per heavy atom. The van der Waals surface area contributed by atoms with Crippen molar-refractivity contribution in [2.45, 2.75) is 19.8 Å². The van der Waals surface area contributed by atoms with E-state index in [1.165, 1.54) is 4.88 Å². The molecule has 4 heteroatoms. The normalized spacial score (nSPS) is 10.5. The summed E-state index contributed by atoms with van der Waals surface area (Å²) in [7, 11) is 1.89. The van der Waals surface area contributed by atoms with Crippen LogP contribution < -0.4 is 5.32 Å². The first-order valence-electron chi connectivity index (χ1n) is 6.22. The molecular weight excluding hydrogens is 278 g/mol. The van der Waals surface area contributed by atoms with Crippen molar-refractivity contribution in [3.05, 3.63) is 51.4 Å². The van der Waals surface area contributed by atoms with Crippen molar-refractivity contribution in [2.24, 2.45) is 0 Å². The van der Waals surface area contributed by atoms with Crippen LogP contribution in [0.15, 0.2) is 30.3 Å². The minimum atomic E-state index is 0.119. The molecule has 1 heterocycles. The van der Waals surface area contributed by atoms with Crippen LogP contribution in [0.3, 0.4) is 0 Å². The molecule has 0 aliphatic rings. The Morgan fingerprint density at radius 1 is 1.32 bits per heavy atom. The van der Waals surface area contributed by atoms with Crippen LogP contribution in [0.2, 0.25) is 5.02 Å². The average molecular weight is 294 g/mol. The van der Waals surface area contributed by atoms with Crippen LogP contribution in [0.1, 0.15) is 27.7 Å². The topological polar surface area (TPSA) is 29.1 Å². The number of nitrogens with one attached hydrogen (secondary N) is 1. The minimum Gasteiger partial charge on any atom is -0.380 e. The first-order valence-corrected chi connectivity index (χ1v) is 7.41. The van der Waals surface area contributed by atoms with Crippen molar-refractivity contribution >= 4 is 33.7 Å². The van der Waals surface area contributed by atoms with Crippen LogP contribution >= 0.6 is 22.9 Å². The molecular formula is C15H16ClNOS. The molecule has 0 aliphatic heterocycles. The summed E-state index contributed by atoms with van der Waals surface area (Å²) in [5.74, 6) is 0.119. The lowest BCUT2D eigenvalue weighted by Crippen LogP contribution is -2.04. The van der Waals surface area contributed by atoms with Gasteiger partial charge in [0.1, 0.15) is 0 Å². The van der Waals surface area contributed by atoms with Gasteiger partial charge in [-0.15, -0.1) is 11.3 Å². The third-order valence-electron chi connectivity index (χ3n) is 2.95. The highest BCUT2D eigenvalue weighted by atomic mass is 35.5. The summed E-state index contributed by atoms with van der Waals surface area (Å²) in [6.07, 6.45) is 1.42. The van der Waals surface area contributed by atoms with Gasteiger partial charge in [0, 0.05) is 28.9 Å². The van der Waals surface area contributed by atoms with Crippen molar-refractivity contribution in [3.8, 4) is 0 Å². The highest BCUT2D eigenvalue weighted by Gasteiger charge is 2.13. The predicted molar refractivity (Wildman–Crippen MR) is 82.7 cm³/mol. The Labute approximate surface area is 122 Å². The summed E-state index contributed by atoms with van der Waals surface area (Å²) in [5.41, 5.74) is 1.78. The van der Waals surface area contributed by atoms with Gasteiger partial charge in [-0.3, -0.25) is 4.79 Å². The van der Waals surface area contributed by atoms with Crippen molar-refractivity contribution in [3.63, 3.8) is 0 Å².